The summed E-state index contributed by atoms with van der Waals surface area (Å²) in [5.41, 5.74) is -1.29. The van der Waals surface area contributed by atoms with Crippen LogP contribution in [0, 0.1) is 5.82 Å². The highest BCUT2D eigenvalue weighted by Gasteiger charge is 2.35. The van der Waals surface area contributed by atoms with E-state index in [1.54, 1.807) is 4.57 Å². The number of hydrogen-bond donors (Lipinski definition) is 2. The summed E-state index contributed by atoms with van der Waals surface area (Å²) < 4.78 is 61.5. The molecule has 0 spiro atoms. The van der Waals surface area contributed by atoms with Gasteiger partial charge in [-0.05, 0) is 18.6 Å². The molecule has 0 saturated carbocycles. The molecule has 2 aliphatic rings. The average Bonchev–Trinajstić information content (AvgIpc) is 3.38. The zero-order chi connectivity index (χ0) is 28.6. The minimum atomic E-state index is -4.94. The van der Waals surface area contributed by atoms with Crippen LogP contribution < -0.4 is 26.0 Å². The average molecular weight is 587 g/mol. The van der Waals surface area contributed by atoms with E-state index in [-0.39, 0.29) is 23.6 Å². The maximum atomic E-state index is 14.2. The molecular weight excluding hydrogens is 560 g/mol. The van der Waals surface area contributed by atoms with Crippen LogP contribution in [0.2, 0.25) is 5.02 Å². The molecule has 0 aliphatic carbocycles. The van der Waals surface area contributed by atoms with Crippen LogP contribution in [-0.4, -0.2) is 77.6 Å². The third kappa shape index (κ3) is 5.45. The number of nitrogens with zero attached hydrogens (tertiary/aromatic N) is 6. The fourth-order valence-corrected chi connectivity index (χ4v) is 5.11. The number of amides is 1. The number of halogens is 5. The number of carbonyl (C=O) groups is 1. The van der Waals surface area contributed by atoms with Crippen molar-refractivity contribution in [1.82, 2.24) is 24.5 Å². The zero-order valence-electron chi connectivity index (χ0n) is 21.5. The molecule has 4 heterocycles. The Bertz CT molecular complexity index is 1480. The van der Waals surface area contributed by atoms with E-state index in [0.29, 0.717) is 88.4 Å². The smallest absolute Gasteiger partial charge is 0.378 e. The van der Waals surface area contributed by atoms with Crippen LogP contribution in [0.25, 0.3) is 5.78 Å². The number of morpholine rings is 1. The Kier molecular flexibility index (Phi) is 7.88. The van der Waals surface area contributed by atoms with Gasteiger partial charge in [0.1, 0.15) is 18.0 Å². The van der Waals surface area contributed by atoms with E-state index in [0.717, 1.165) is 0 Å². The molecule has 0 radical (unpaired) electrons. The molecule has 2 aliphatic heterocycles. The van der Waals surface area contributed by atoms with Gasteiger partial charge in [0.05, 0.1) is 35.2 Å². The molecule has 5 rings (SSSR count). The molecule has 0 atom stereocenters. The van der Waals surface area contributed by atoms with Gasteiger partial charge in [0, 0.05) is 39.3 Å². The molecule has 0 unspecified atom stereocenters. The number of carbonyl (C=O) groups excluding carboxylic acids is 1. The number of ether oxygens (including phenoxy) is 1. The quantitative estimate of drug-likeness (QED) is 0.423. The van der Waals surface area contributed by atoms with Gasteiger partial charge in [-0.1, -0.05) is 18.5 Å². The lowest BCUT2D eigenvalue weighted by atomic mass is 10.2. The highest BCUT2D eigenvalue weighted by molar-refractivity contribution is 6.33. The molecule has 2 aromatic heterocycles. The van der Waals surface area contributed by atoms with E-state index in [9.17, 15) is 27.2 Å². The molecule has 2 saturated heterocycles. The number of fused-ring (bicyclic) bond motifs is 1. The summed E-state index contributed by atoms with van der Waals surface area (Å²) in [6.45, 7) is 5.89. The van der Waals surface area contributed by atoms with Crippen LogP contribution in [0.3, 0.4) is 0 Å². The molecule has 3 aromatic rings. The molecule has 2 fully saturated rings. The molecule has 16 heteroatoms. The highest BCUT2D eigenvalue weighted by Crippen LogP contribution is 2.36. The van der Waals surface area contributed by atoms with Gasteiger partial charge in [0.15, 0.2) is 0 Å². The number of rotatable bonds is 6. The van der Waals surface area contributed by atoms with Gasteiger partial charge in [0.2, 0.25) is 17.6 Å². The number of nitrogens with one attached hydrogen (secondary N) is 2. The maximum absolute atomic E-state index is 14.2. The number of alkyl halides is 3. The normalized spacial score (nSPS) is 16.6. The van der Waals surface area contributed by atoms with Crippen LogP contribution in [-0.2, 0) is 28.7 Å². The van der Waals surface area contributed by atoms with Crippen molar-refractivity contribution in [1.29, 1.82) is 0 Å². The number of hydrogen-bond acceptors (Lipinski definition) is 8. The second-order valence-electron chi connectivity index (χ2n) is 9.36. The summed E-state index contributed by atoms with van der Waals surface area (Å²) in [5, 5.41) is 9.63. The van der Waals surface area contributed by atoms with Gasteiger partial charge in [0.25, 0.3) is 5.56 Å². The number of benzene rings is 1. The predicted octanol–water partition coefficient (Wildman–Crippen LogP) is 2.15. The van der Waals surface area contributed by atoms with E-state index in [1.165, 1.54) is 4.52 Å². The Hall–Kier alpha value is -3.43. The van der Waals surface area contributed by atoms with E-state index in [4.69, 9.17) is 16.3 Å². The van der Waals surface area contributed by atoms with Crippen LogP contribution in [0.1, 0.15) is 18.2 Å². The highest BCUT2D eigenvalue weighted by atomic mass is 35.5. The van der Waals surface area contributed by atoms with Crippen molar-refractivity contribution in [2.24, 2.45) is 0 Å². The summed E-state index contributed by atoms with van der Waals surface area (Å²) in [6.07, 6.45) is -4.58. The molecule has 0 bridgehead atoms. The first-order valence-corrected chi connectivity index (χ1v) is 13.1. The molecule has 11 nitrogen and oxygen atoms in total. The molecule has 1 amide bonds. The summed E-state index contributed by atoms with van der Waals surface area (Å²) in [7, 11) is 0. The molecule has 2 N–H and O–H groups in total. The van der Waals surface area contributed by atoms with Gasteiger partial charge >= 0.3 is 6.18 Å². The molecular formula is C24H27ClF4N8O3. The fourth-order valence-electron chi connectivity index (χ4n) is 4.90. The third-order valence-corrected chi connectivity index (χ3v) is 7.13. The van der Waals surface area contributed by atoms with E-state index < -0.39 is 28.5 Å². The molecule has 1 aromatic carbocycles. The zero-order valence-corrected chi connectivity index (χ0v) is 22.3. The monoisotopic (exact) mass is 586 g/mol. The Labute approximate surface area is 230 Å². The van der Waals surface area contributed by atoms with Gasteiger partial charge in [-0.15, -0.1) is 5.10 Å². The summed E-state index contributed by atoms with van der Waals surface area (Å²) in [4.78, 5) is 35.3. The SMILES string of the molecule is CCc1c(N2CCNCC2)c(=O)n2nc(N3CCOCC3)nc2n1CC(=O)Nc1cc(F)c(C(F)(F)F)cc1Cl. The minimum Gasteiger partial charge on any atom is -0.378 e. The van der Waals surface area contributed by atoms with E-state index in [2.05, 4.69) is 20.7 Å². The first kappa shape index (κ1) is 28.1. The van der Waals surface area contributed by atoms with Crippen LogP contribution in [0.15, 0.2) is 16.9 Å². The first-order chi connectivity index (χ1) is 19.1. The first-order valence-electron chi connectivity index (χ1n) is 12.8. The third-order valence-electron chi connectivity index (χ3n) is 6.81. The Morgan fingerprint density at radius 1 is 1.15 bits per heavy atom. The van der Waals surface area contributed by atoms with E-state index in [1.807, 2.05) is 16.7 Å². The van der Waals surface area contributed by atoms with Crippen molar-refractivity contribution in [3.63, 3.8) is 0 Å². The summed E-state index contributed by atoms with van der Waals surface area (Å²) in [5.74, 6) is -1.84. The van der Waals surface area contributed by atoms with Gasteiger partial charge in [-0.25, -0.2) is 4.39 Å². The van der Waals surface area contributed by atoms with Gasteiger partial charge in [-0.2, -0.15) is 22.7 Å². The van der Waals surface area contributed by atoms with Gasteiger partial charge in [-0.3, -0.25) is 9.59 Å². The van der Waals surface area contributed by atoms with Crippen molar-refractivity contribution < 1.29 is 27.1 Å². The van der Waals surface area contributed by atoms with Crippen molar-refractivity contribution in [2.75, 3.05) is 67.6 Å². The predicted molar refractivity (Wildman–Crippen MR) is 140 cm³/mol. The van der Waals surface area contributed by atoms with Crippen molar-refractivity contribution in [2.45, 2.75) is 26.1 Å². The Balaban J connectivity index is 1.56. The topological polar surface area (TPSA) is 109 Å². The number of anilines is 3. The Morgan fingerprint density at radius 3 is 2.50 bits per heavy atom. The number of aromatic nitrogens is 4. The standard InChI is InChI=1S/C24H27ClF4N8O3/c1-2-18-20(34-5-3-30-4-6-34)21(39)37-23(32-22(33-37)35-7-9-40-10-8-35)36(18)13-19(38)31-17-12-16(26)14(11-15(17)25)24(27,28)29/h11-12,30H,2-10,13H2,1H3,(H,31,38). The van der Waals surface area contributed by atoms with Crippen LogP contribution in [0.5, 0.6) is 0 Å². The van der Waals surface area contributed by atoms with Crippen LogP contribution in [0.4, 0.5) is 34.9 Å². The maximum Gasteiger partial charge on any atom is 0.419 e. The van der Waals surface area contributed by atoms with Gasteiger partial charge < -0.3 is 29.7 Å². The summed E-state index contributed by atoms with van der Waals surface area (Å²) >= 11 is 5.96. The second kappa shape index (κ2) is 11.2. The molecule has 40 heavy (non-hydrogen) atoms. The van der Waals surface area contributed by atoms with Crippen molar-refractivity contribution >= 4 is 40.6 Å². The van der Waals surface area contributed by atoms with E-state index >= 15 is 0 Å². The van der Waals surface area contributed by atoms with Crippen molar-refractivity contribution in [3.8, 4) is 0 Å². The lowest BCUT2D eigenvalue weighted by molar-refractivity contribution is -0.139. The lowest BCUT2D eigenvalue weighted by Crippen LogP contribution is -2.47. The van der Waals surface area contributed by atoms with Crippen molar-refractivity contribution in [3.05, 3.63) is 44.6 Å². The van der Waals surface area contributed by atoms with Crippen LogP contribution >= 0.6 is 11.6 Å². The Morgan fingerprint density at radius 2 is 1.85 bits per heavy atom. The fraction of sp³-hybridized carbons (Fsp3) is 0.500. The second-order valence-corrected chi connectivity index (χ2v) is 9.77. The largest absolute Gasteiger partial charge is 0.419 e. The molecule has 216 valence electrons. The minimum absolute atomic E-state index is 0.127. The lowest BCUT2D eigenvalue weighted by Gasteiger charge is -2.31. The summed E-state index contributed by atoms with van der Waals surface area (Å²) in [6, 6.07) is 0.960. The number of piperazine rings is 1.